The Morgan fingerprint density at radius 3 is 2.63 bits per heavy atom. The van der Waals surface area contributed by atoms with Crippen molar-refractivity contribution in [2.75, 3.05) is 5.73 Å². The summed E-state index contributed by atoms with van der Waals surface area (Å²) in [6, 6.07) is 11.8. The number of nitrogen functional groups attached to an aromatic ring is 1. The van der Waals surface area contributed by atoms with Gasteiger partial charge in [0.2, 0.25) is 5.91 Å². The number of amides is 1. The van der Waals surface area contributed by atoms with Gasteiger partial charge in [-0.25, -0.2) is 4.39 Å². The summed E-state index contributed by atoms with van der Waals surface area (Å²) in [5.41, 5.74) is 12.2. The molecule has 98 valence electrons. The molecular weight excluding hydrogens is 263 g/mol. The first-order valence-electron chi connectivity index (χ1n) is 5.63. The van der Waals surface area contributed by atoms with Crippen molar-refractivity contribution in [3.8, 4) is 0 Å². The molecule has 2 aromatic rings. The van der Waals surface area contributed by atoms with E-state index >= 15 is 0 Å². The van der Waals surface area contributed by atoms with E-state index in [4.69, 9.17) is 11.5 Å². The second-order valence-corrected chi connectivity index (χ2v) is 5.04. The van der Waals surface area contributed by atoms with Crippen LogP contribution in [0.25, 0.3) is 0 Å². The van der Waals surface area contributed by atoms with E-state index < -0.39 is 11.7 Å². The van der Waals surface area contributed by atoms with E-state index in [1.165, 1.54) is 23.9 Å². The van der Waals surface area contributed by atoms with Crippen LogP contribution in [0.2, 0.25) is 0 Å². The van der Waals surface area contributed by atoms with Crippen LogP contribution in [-0.2, 0) is 5.75 Å². The molecule has 0 aromatic heterocycles. The monoisotopic (exact) mass is 276 g/mol. The van der Waals surface area contributed by atoms with Crippen LogP contribution in [0, 0.1) is 5.82 Å². The molecule has 0 fully saturated rings. The summed E-state index contributed by atoms with van der Waals surface area (Å²) >= 11 is 1.42. The highest BCUT2D eigenvalue weighted by molar-refractivity contribution is 7.98. The Morgan fingerprint density at radius 1 is 1.21 bits per heavy atom. The lowest BCUT2D eigenvalue weighted by atomic mass is 10.1. The Kier molecular flexibility index (Phi) is 4.06. The van der Waals surface area contributed by atoms with Gasteiger partial charge in [0, 0.05) is 16.2 Å². The van der Waals surface area contributed by atoms with Crippen molar-refractivity contribution in [3.05, 3.63) is 59.4 Å². The summed E-state index contributed by atoms with van der Waals surface area (Å²) in [4.78, 5) is 12.0. The number of nitrogens with two attached hydrogens (primary N) is 2. The largest absolute Gasteiger partial charge is 0.396 e. The predicted octanol–water partition coefficient (Wildman–Crippen LogP) is 2.80. The molecule has 5 heteroatoms. The first-order valence-corrected chi connectivity index (χ1v) is 6.62. The van der Waals surface area contributed by atoms with Crippen LogP contribution in [0.3, 0.4) is 0 Å². The van der Waals surface area contributed by atoms with Gasteiger partial charge in [0.25, 0.3) is 0 Å². The first kappa shape index (κ1) is 13.4. The Bertz CT molecular complexity index is 616. The zero-order valence-corrected chi connectivity index (χ0v) is 10.9. The van der Waals surface area contributed by atoms with Gasteiger partial charge in [-0.3, -0.25) is 4.79 Å². The highest BCUT2D eigenvalue weighted by Crippen LogP contribution is 2.26. The molecule has 0 radical (unpaired) electrons. The van der Waals surface area contributed by atoms with Crippen LogP contribution in [0.15, 0.2) is 47.4 Å². The molecule has 0 aliphatic carbocycles. The van der Waals surface area contributed by atoms with Crippen molar-refractivity contribution in [3.63, 3.8) is 0 Å². The van der Waals surface area contributed by atoms with Crippen LogP contribution in [-0.4, -0.2) is 5.91 Å². The van der Waals surface area contributed by atoms with Crippen LogP contribution in [0.4, 0.5) is 10.1 Å². The molecule has 0 saturated carbocycles. The van der Waals surface area contributed by atoms with Crippen LogP contribution in [0.1, 0.15) is 15.9 Å². The Balaban J connectivity index is 2.14. The number of carbonyl (C=O) groups excluding carboxylic acids is 1. The molecule has 3 nitrogen and oxygen atoms in total. The molecule has 4 N–H and O–H groups in total. The van der Waals surface area contributed by atoms with E-state index in [2.05, 4.69) is 0 Å². The fraction of sp³-hybridized carbons (Fsp3) is 0.0714. The van der Waals surface area contributed by atoms with Gasteiger partial charge in [0.15, 0.2) is 0 Å². The standard InChI is InChI=1S/C14H13FN2OS/c15-12-7-10(5-6-13(12)16)19-8-9-3-1-2-4-11(9)14(17)18/h1-7H,8,16H2,(H2,17,18). The fourth-order valence-corrected chi connectivity index (χ4v) is 2.57. The predicted molar refractivity (Wildman–Crippen MR) is 75.3 cm³/mol. The van der Waals surface area contributed by atoms with Gasteiger partial charge < -0.3 is 11.5 Å². The van der Waals surface area contributed by atoms with Crippen molar-refractivity contribution in [2.45, 2.75) is 10.6 Å². The molecule has 0 bridgehead atoms. The van der Waals surface area contributed by atoms with Gasteiger partial charge in [-0.1, -0.05) is 18.2 Å². The number of halogens is 1. The van der Waals surface area contributed by atoms with Gasteiger partial charge in [-0.2, -0.15) is 0 Å². The summed E-state index contributed by atoms with van der Waals surface area (Å²) in [6.45, 7) is 0. The van der Waals surface area contributed by atoms with Gasteiger partial charge in [-0.15, -0.1) is 11.8 Å². The number of hydrogen-bond acceptors (Lipinski definition) is 3. The second kappa shape index (κ2) is 5.75. The SMILES string of the molecule is NC(=O)c1ccccc1CSc1ccc(N)c(F)c1. The van der Waals surface area contributed by atoms with Crippen molar-refractivity contribution >= 4 is 23.4 Å². The summed E-state index contributed by atoms with van der Waals surface area (Å²) in [6.07, 6.45) is 0. The molecule has 0 atom stereocenters. The van der Waals surface area contributed by atoms with Crippen molar-refractivity contribution in [2.24, 2.45) is 5.73 Å². The Hall–Kier alpha value is -2.01. The zero-order chi connectivity index (χ0) is 13.8. The maximum absolute atomic E-state index is 13.3. The van der Waals surface area contributed by atoms with E-state index in [9.17, 15) is 9.18 Å². The smallest absolute Gasteiger partial charge is 0.249 e. The molecule has 1 amide bonds. The number of anilines is 1. The maximum Gasteiger partial charge on any atom is 0.249 e. The van der Waals surface area contributed by atoms with E-state index in [1.807, 2.05) is 12.1 Å². The van der Waals surface area contributed by atoms with Gasteiger partial charge >= 0.3 is 0 Å². The summed E-state index contributed by atoms with van der Waals surface area (Å²) < 4.78 is 13.3. The lowest BCUT2D eigenvalue weighted by Crippen LogP contribution is -2.13. The quantitative estimate of drug-likeness (QED) is 0.666. The number of primary amides is 1. The lowest BCUT2D eigenvalue weighted by Gasteiger charge is -2.07. The average Bonchev–Trinajstić information content (AvgIpc) is 2.40. The number of carbonyl (C=O) groups is 1. The van der Waals surface area contributed by atoms with Gasteiger partial charge in [0.05, 0.1) is 5.69 Å². The Labute approximate surface area is 114 Å². The molecule has 0 spiro atoms. The average molecular weight is 276 g/mol. The normalized spacial score (nSPS) is 10.4. The number of hydrogen-bond donors (Lipinski definition) is 2. The third-order valence-corrected chi connectivity index (χ3v) is 3.69. The maximum atomic E-state index is 13.3. The van der Waals surface area contributed by atoms with Crippen LogP contribution < -0.4 is 11.5 Å². The highest BCUT2D eigenvalue weighted by Gasteiger charge is 2.08. The molecule has 0 aliphatic heterocycles. The molecule has 0 aliphatic rings. The third-order valence-electron chi connectivity index (χ3n) is 2.65. The van der Waals surface area contributed by atoms with E-state index in [1.54, 1.807) is 18.2 Å². The minimum Gasteiger partial charge on any atom is -0.396 e. The zero-order valence-electron chi connectivity index (χ0n) is 10.1. The van der Waals surface area contributed by atoms with Crippen molar-refractivity contribution in [1.29, 1.82) is 0 Å². The summed E-state index contributed by atoms with van der Waals surface area (Å²) in [5, 5.41) is 0. The molecule has 0 heterocycles. The molecule has 0 saturated heterocycles. The van der Waals surface area contributed by atoms with E-state index in [0.717, 1.165) is 10.5 Å². The highest BCUT2D eigenvalue weighted by atomic mass is 32.2. The number of benzene rings is 2. The van der Waals surface area contributed by atoms with E-state index in [-0.39, 0.29) is 5.69 Å². The van der Waals surface area contributed by atoms with Gasteiger partial charge in [0.1, 0.15) is 5.82 Å². The van der Waals surface area contributed by atoms with Crippen LogP contribution >= 0.6 is 11.8 Å². The molecule has 2 aromatic carbocycles. The minimum absolute atomic E-state index is 0.127. The first-order chi connectivity index (χ1) is 9.08. The summed E-state index contributed by atoms with van der Waals surface area (Å²) in [7, 11) is 0. The van der Waals surface area contributed by atoms with Crippen molar-refractivity contribution < 1.29 is 9.18 Å². The fourth-order valence-electron chi connectivity index (χ4n) is 1.65. The molecule has 0 unspecified atom stereocenters. The van der Waals surface area contributed by atoms with Crippen LogP contribution in [0.5, 0.6) is 0 Å². The molecule has 19 heavy (non-hydrogen) atoms. The molecular formula is C14H13FN2OS. The van der Waals surface area contributed by atoms with Crippen molar-refractivity contribution in [1.82, 2.24) is 0 Å². The minimum atomic E-state index is -0.459. The topological polar surface area (TPSA) is 69.1 Å². The summed E-state index contributed by atoms with van der Waals surface area (Å²) in [5.74, 6) is -0.351. The second-order valence-electron chi connectivity index (χ2n) is 3.99. The number of rotatable bonds is 4. The van der Waals surface area contributed by atoms with E-state index in [0.29, 0.717) is 11.3 Å². The Morgan fingerprint density at radius 2 is 1.95 bits per heavy atom. The third kappa shape index (κ3) is 3.26. The molecule has 2 rings (SSSR count). The number of thioether (sulfide) groups is 1. The lowest BCUT2D eigenvalue weighted by molar-refractivity contribution is 0.0999. The van der Waals surface area contributed by atoms with Gasteiger partial charge in [-0.05, 0) is 29.8 Å².